The summed E-state index contributed by atoms with van der Waals surface area (Å²) in [5, 5.41) is 11.9. The van der Waals surface area contributed by atoms with Gasteiger partial charge in [-0.2, -0.15) is 0 Å². The number of nitrogens with zero attached hydrogens (tertiary/aromatic N) is 1. The van der Waals surface area contributed by atoms with Gasteiger partial charge in [-0.3, -0.25) is 4.79 Å². The van der Waals surface area contributed by atoms with E-state index in [1.165, 1.54) is 6.07 Å². The summed E-state index contributed by atoms with van der Waals surface area (Å²) in [5.41, 5.74) is 6.37. The SMILES string of the molecule is CCN(CC)C(=O)CNc1ccc(N)cc1C(=O)O. The molecule has 19 heavy (non-hydrogen) atoms. The van der Waals surface area contributed by atoms with E-state index in [-0.39, 0.29) is 18.0 Å². The molecule has 0 heterocycles. The van der Waals surface area contributed by atoms with Crippen molar-refractivity contribution in [3.05, 3.63) is 23.8 Å². The molecule has 1 amide bonds. The smallest absolute Gasteiger partial charge is 0.337 e. The molecule has 6 heteroatoms. The van der Waals surface area contributed by atoms with Gasteiger partial charge < -0.3 is 21.1 Å². The first-order valence-corrected chi connectivity index (χ1v) is 6.14. The van der Waals surface area contributed by atoms with E-state index in [0.29, 0.717) is 24.5 Å². The Kier molecular flexibility index (Phi) is 5.17. The van der Waals surface area contributed by atoms with Crippen LogP contribution in [-0.2, 0) is 4.79 Å². The van der Waals surface area contributed by atoms with Crippen molar-refractivity contribution in [3.8, 4) is 0 Å². The van der Waals surface area contributed by atoms with Crippen molar-refractivity contribution in [2.75, 3.05) is 30.7 Å². The Morgan fingerprint density at radius 1 is 1.32 bits per heavy atom. The molecule has 4 N–H and O–H groups in total. The number of aromatic carboxylic acids is 1. The van der Waals surface area contributed by atoms with Crippen molar-refractivity contribution in [3.63, 3.8) is 0 Å². The molecule has 0 atom stereocenters. The average molecular weight is 265 g/mol. The topological polar surface area (TPSA) is 95.7 Å². The molecule has 0 radical (unpaired) electrons. The van der Waals surface area contributed by atoms with Crippen LogP contribution >= 0.6 is 0 Å². The van der Waals surface area contributed by atoms with Crippen LogP contribution in [-0.4, -0.2) is 41.5 Å². The highest BCUT2D eigenvalue weighted by Gasteiger charge is 2.13. The molecular formula is C13H19N3O3. The lowest BCUT2D eigenvalue weighted by Crippen LogP contribution is -2.35. The van der Waals surface area contributed by atoms with Gasteiger partial charge in [0.2, 0.25) is 5.91 Å². The number of carbonyl (C=O) groups excluding carboxylic acids is 1. The third-order valence-corrected chi connectivity index (χ3v) is 2.82. The first-order chi connectivity index (χ1) is 8.99. The number of nitrogen functional groups attached to an aromatic ring is 1. The maximum Gasteiger partial charge on any atom is 0.337 e. The Labute approximate surface area is 112 Å². The minimum absolute atomic E-state index is 0.0614. The molecule has 0 saturated carbocycles. The zero-order valence-electron chi connectivity index (χ0n) is 11.1. The van der Waals surface area contributed by atoms with E-state index in [4.69, 9.17) is 10.8 Å². The number of benzene rings is 1. The highest BCUT2D eigenvalue weighted by molar-refractivity contribution is 5.96. The number of nitrogens with two attached hydrogens (primary N) is 1. The van der Waals surface area contributed by atoms with Gasteiger partial charge in [-0.1, -0.05) is 0 Å². The molecule has 0 aliphatic carbocycles. The number of hydrogen-bond donors (Lipinski definition) is 3. The Hall–Kier alpha value is -2.24. The van der Waals surface area contributed by atoms with Crippen molar-refractivity contribution >= 4 is 23.3 Å². The largest absolute Gasteiger partial charge is 0.478 e. The van der Waals surface area contributed by atoms with Gasteiger partial charge in [-0.25, -0.2) is 4.79 Å². The van der Waals surface area contributed by atoms with Gasteiger partial charge in [0.15, 0.2) is 0 Å². The molecule has 0 unspecified atom stereocenters. The first-order valence-electron chi connectivity index (χ1n) is 6.14. The fraction of sp³-hybridized carbons (Fsp3) is 0.385. The number of carboxylic acids is 1. The number of amides is 1. The van der Waals surface area contributed by atoms with Crippen LogP contribution in [0.4, 0.5) is 11.4 Å². The van der Waals surface area contributed by atoms with Crippen molar-refractivity contribution in [2.24, 2.45) is 0 Å². The van der Waals surface area contributed by atoms with Crippen LogP contribution in [0.5, 0.6) is 0 Å². The number of hydrogen-bond acceptors (Lipinski definition) is 4. The third kappa shape index (κ3) is 3.87. The van der Waals surface area contributed by atoms with E-state index in [0.717, 1.165) is 0 Å². The van der Waals surface area contributed by atoms with Gasteiger partial charge in [-0.05, 0) is 32.0 Å². The van der Waals surface area contributed by atoms with Crippen molar-refractivity contribution in [2.45, 2.75) is 13.8 Å². The fourth-order valence-corrected chi connectivity index (χ4v) is 1.75. The summed E-state index contributed by atoms with van der Waals surface area (Å²) in [5.74, 6) is -1.15. The molecule has 0 aliphatic rings. The van der Waals surface area contributed by atoms with Gasteiger partial charge >= 0.3 is 5.97 Å². The van der Waals surface area contributed by atoms with Gasteiger partial charge in [-0.15, -0.1) is 0 Å². The maximum absolute atomic E-state index is 11.8. The summed E-state index contributed by atoms with van der Waals surface area (Å²) in [6.45, 7) is 5.11. The number of carboxylic acid groups (broad SMARTS) is 1. The number of likely N-dealkylation sites (N-methyl/N-ethyl adjacent to an activating group) is 1. The van der Waals surface area contributed by atoms with E-state index in [1.54, 1.807) is 17.0 Å². The summed E-state index contributed by atoms with van der Waals surface area (Å²) in [7, 11) is 0. The third-order valence-electron chi connectivity index (χ3n) is 2.82. The summed E-state index contributed by atoms with van der Waals surface area (Å²) < 4.78 is 0. The standard InChI is InChI=1S/C13H19N3O3/c1-3-16(4-2)12(17)8-15-11-6-5-9(14)7-10(11)13(18)19/h5-7,15H,3-4,8,14H2,1-2H3,(H,18,19). The minimum atomic E-state index is -1.08. The van der Waals surface area contributed by atoms with Crippen molar-refractivity contribution in [1.82, 2.24) is 4.90 Å². The predicted molar refractivity (Wildman–Crippen MR) is 74.2 cm³/mol. The second-order valence-electron chi connectivity index (χ2n) is 4.03. The van der Waals surface area contributed by atoms with Gasteiger partial charge in [0.25, 0.3) is 0 Å². The lowest BCUT2D eigenvalue weighted by Gasteiger charge is -2.19. The highest BCUT2D eigenvalue weighted by atomic mass is 16.4. The molecule has 0 aliphatic heterocycles. The van der Waals surface area contributed by atoms with E-state index in [9.17, 15) is 9.59 Å². The Morgan fingerprint density at radius 3 is 2.47 bits per heavy atom. The van der Waals surface area contributed by atoms with E-state index >= 15 is 0 Å². The second kappa shape index (κ2) is 6.63. The van der Waals surface area contributed by atoms with Crippen LogP contribution in [0.2, 0.25) is 0 Å². The number of anilines is 2. The summed E-state index contributed by atoms with van der Waals surface area (Å²) in [4.78, 5) is 24.6. The van der Waals surface area contributed by atoms with Crippen molar-refractivity contribution < 1.29 is 14.7 Å². The maximum atomic E-state index is 11.8. The minimum Gasteiger partial charge on any atom is -0.478 e. The molecule has 1 aromatic carbocycles. The molecule has 0 bridgehead atoms. The van der Waals surface area contributed by atoms with Crippen LogP contribution in [0.25, 0.3) is 0 Å². The van der Waals surface area contributed by atoms with Crippen LogP contribution in [0, 0.1) is 0 Å². The number of carbonyl (C=O) groups is 2. The van der Waals surface area contributed by atoms with E-state index in [2.05, 4.69) is 5.32 Å². The fourth-order valence-electron chi connectivity index (χ4n) is 1.75. The molecule has 6 nitrogen and oxygen atoms in total. The first kappa shape index (κ1) is 14.8. The zero-order chi connectivity index (χ0) is 14.4. The quantitative estimate of drug-likeness (QED) is 0.673. The number of nitrogens with one attached hydrogen (secondary N) is 1. The Bertz CT molecular complexity index is 470. The van der Waals surface area contributed by atoms with Gasteiger partial charge in [0.1, 0.15) is 0 Å². The molecule has 0 aromatic heterocycles. The average Bonchev–Trinajstić information content (AvgIpc) is 2.38. The lowest BCUT2D eigenvalue weighted by molar-refractivity contribution is -0.128. The van der Waals surface area contributed by atoms with E-state index in [1.807, 2.05) is 13.8 Å². The normalized spacial score (nSPS) is 10.0. The molecular weight excluding hydrogens is 246 g/mol. The van der Waals surface area contributed by atoms with Crippen LogP contribution in [0.15, 0.2) is 18.2 Å². The molecule has 1 rings (SSSR count). The predicted octanol–water partition coefficient (Wildman–Crippen LogP) is 1.25. The number of rotatable bonds is 6. The monoisotopic (exact) mass is 265 g/mol. The molecule has 0 fully saturated rings. The molecule has 0 spiro atoms. The van der Waals surface area contributed by atoms with Gasteiger partial charge in [0.05, 0.1) is 12.1 Å². The summed E-state index contributed by atoms with van der Waals surface area (Å²) in [6, 6.07) is 4.53. The van der Waals surface area contributed by atoms with Gasteiger partial charge in [0, 0.05) is 24.5 Å². The van der Waals surface area contributed by atoms with Crippen LogP contribution < -0.4 is 11.1 Å². The Morgan fingerprint density at radius 2 is 1.95 bits per heavy atom. The Balaban J connectivity index is 2.78. The molecule has 0 saturated heterocycles. The highest BCUT2D eigenvalue weighted by Crippen LogP contribution is 2.18. The molecule has 104 valence electrons. The van der Waals surface area contributed by atoms with Crippen molar-refractivity contribution in [1.29, 1.82) is 0 Å². The zero-order valence-corrected chi connectivity index (χ0v) is 11.1. The second-order valence-corrected chi connectivity index (χ2v) is 4.03. The van der Waals surface area contributed by atoms with Crippen LogP contribution in [0.3, 0.4) is 0 Å². The van der Waals surface area contributed by atoms with Crippen LogP contribution in [0.1, 0.15) is 24.2 Å². The van der Waals surface area contributed by atoms with E-state index < -0.39 is 5.97 Å². The molecule has 1 aromatic rings. The summed E-state index contributed by atoms with van der Waals surface area (Å²) >= 11 is 0. The summed E-state index contributed by atoms with van der Waals surface area (Å²) in [6.07, 6.45) is 0. The lowest BCUT2D eigenvalue weighted by atomic mass is 10.1.